The standard InChI is InChI=1S/C28H29Cl2N3O4/c1-17(2)26(32-27(34)22-11-10-21(29)14-23(22)30)28(35)33-31-15-20-9-12-24(25(13-20)36-4)37-16-19-7-5-18(3)6-8-19/h5-15,17,26H,16H2,1-4H3,(H,32,34)(H,33,35). The molecule has 0 spiro atoms. The number of amides is 2. The third kappa shape index (κ3) is 7.97. The second-order valence-corrected chi connectivity index (χ2v) is 9.58. The number of aryl methyl sites for hydroxylation is 1. The van der Waals surface area contributed by atoms with Crippen molar-refractivity contribution in [2.24, 2.45) is 11.0 Å². The number of benzene rings is 3. The molecule has 0 saturated carbocycles. The third-order valence-electron chi connectivity index (χ3n) is 5.50. The van der Waals surface area contributed by atoms with Gasteiger partial charge in [-0.1, -0.05) is 66.9 Å². The van der Waals surface area contributed by atoms with Gasteiger partial charge in [0.15, 0.2) is 11.5 Å². The maximum Gasteiger partial charge on any atom is 0.262 e. The van der Waals surface area contributed by atoms with E-state index in [9.17, 15) is 9.59 Å². The van der Waals surface area contributed by atoms with Crippen molar-refractivity contribution in [3.63, 3.8) is 0 Å². The van der Waals surface area contributed by atoms with E-state index >= 15 is 0 Å². The van der Waals surface area contributed by atoms with Crippen LogP contribution < -0.4 is 20.2 Å². The van der Waals surface area contributed by atoms with Crippen LogP contribution in [0.4, 0.5) is 0 Å². The van der Waals surface area contributed by atoms with Crippen molar-refractivity contribution < 1.29 is 19.1 Å². The minimum absolute atomic E-state index is 0.199. The van der Waals surface area contributed by atoms with Gasteiger partial charge in [0.05, 0.1) is 23.9 Å². The van der Waals surface area contributed by atoms with E-state index in [1.165, 1.54) is 23.9 Å². The molecule has 3 aromatic carbocycles. The fourth-order valence-corrected chi connectivity index (χ4v) is 3.89. The fraction of sp³-hybridized carbons (Fsp3) is 0.250. The van der Waals surface area contributed by atoms with Gasteiger partial charge in [-0.3, -0.25) is 9.59 Å². The number of carbonyl (C=O) groups is 2. The minimum atomic E-state index is -0.830. The van der Waals surface area contributed by atoms with Crippen molar-refractivity contribution in [1.29, 1.82) is 0 Å². The molecule has 0 radical (unpaired) electrons. The molecule has 0 aliphatic heterocycles. The highest BCUT2D eigenvalue weighted by Gasteiger charge is 2.25. The molecular formula is C28H29Cl2N3O4. The van der Waals surface area contributed by atoms with Crippen molar-refractivity contribution in [2.75, 3.05) is 7.11 Å². The SMILES string of the molecule is COc1cc(C=NNC(=O)C(NC(=O)c2ccc(Cl)cc2Cl)C(C)C)ccc1OCc1ccc(C)cc1. The molecule has 9 heteroatoms. The average Bonchev–Trinajstić information content (AvgIpc) is 2.86. The molecule has 1 unspecified atom stereocenters. The largest absolute Gasteiger partial charge is 0.493 e. The predicted octanol–water partition coefficient (Wildman–Crippen LogP) is 5.79. The molecule has 0 heterocycles. The summed E-state index contributed by atoms with van der Waals surface area (Å²) in [4.78, 5) is 25.4. The van der Waals surface area contributed by atoms with Crippen molar-refractivity contribution in [3.05, 3.63) is 93.0 Å². The molecule has 0 saturated heterocycles. The first-order valence-corrected chi connectivity index (χ1v) is 12.4. The number of nitrogens with one attached hydrogen (secondary N) is 2. The van der Waals surface area contributed by atoms with Gasteiger partial charge in [-0.05, 0) is 60.4 Å². The second kappa shape index (κ2) is 13.1. The second-order valence-electron chi connectivity index (χ2n) is 8.74. The van der Waals surface area contributed by atoms with Gasteiger partial charge in [0.25, 0.3) is 11.8 Å². The number of carbonyl (C=O) groups excluding carboxylic acids is 2. The van der Waals surface area contributed by atoms with Crippen molar-refractivity contribution in [1.82, 2.24) is 10.7 Å². The number of methoxy groups -OCH3 is 1. The summed E-state index contributed by atoms with van der Waals surface area (Å²) in [5.41, 5.74) is 5.64. The lowest BCUT2D eigenvalue weighted by atomic mass is 10.0. The van der Waals surface area contributed by atoms with Gasteiger partial charge in [-0.25, -0.2) is 5.43 Å². The number of halogens is 2. The number of hydrazone groups is 1. The first-order chi connectivity index (χ1) is 17.7. The van der Waals surface area contributed by atoms with E-state index in [0.717, 1.165) is 5.56 Å². The Morgan fingerprint density at radius 3 is 2.38 bits per heavy atom. The number of hydrogen-bond donors (Lipinski definition) is 2. The molecule has 7 nitrogen and oxygen atoms in total. The smallest absolute Gasteiger partial charge is 0.262 e. The Morgan fingerprint density at radius 2 is 1.73 bits per heavy atom. The fourth-order valence-electron chi connectivity index (χ4n) is 3.40. The van der Waals surface area contributed by atoms with Crippen molar-refractivity contribution in [3.8, 4) is 11.5 Å². The first kappa shape index (κ1) is 28.0. The normalized spacial score (nSPS) is 11.9. The van der Waals surface area contributed by atoms with Crippen molar-refractivity contribution >= 4 is 41.2 Å². The van der Waals surface area contributed by atoms with E-state index < -0.39 is 17.9 Å². The zero-order chi connectivity index (χ0) is 26.9. The molecule has 2 amide bonds. The van der Waals surface area contributed by atoms with Crippen LogP contribution in [0.25, 0.3) is 0 Å². The Bertz CT molecular complexity index is 1280. The lowest BCUT2D eigenvalue weighted by Gasteiger charge is -2.20. The molecule has 0 aliphatic carbocycles. The van der Waals surface area contributed by atoms with Gasteiger partial charge in [-0.15, -0.1) is 0 Å². The molecule has 3 rings (SSSR count). The summed E-state index contributed by atoms with van der Waals surface area (Å²) >= 11 is 12.0. The molecule has 1 atom stereocenters. The Kier molecular flexibility index (Phi) is 9.94. The number of nitrogens with zero attached hydrogens (tertiary/aromatic N) is 1. The highest BCUT2D eigenvalue weighted by atomic mass is 35.5. The van der Waals surface area contributed by atoms with Gasteiger partial charge >= 0.3 is 0 Å². The monoisotopic (exact) mass is 541 g/mol. The van der Waals surface area contributed by atoms with Crippen LogP contribution in [0.5, 0.6) is 11.5 Å². The molecule has 3 aromatic rings. The van der Waals surface area contributed by atoms with Gasteiger partial charge in [0.2, 0.25) is 0 Å². The predicted molar refractivity (Wildman–Crippen MR) is 147 cm³/mol. The van der Waals surface area contributed by atoms with Crippen LogP contribution >= 0.6 is 23.2 Å². The summed E-state index contributed by atoms with van der Waals surface area (Å²) in [6.45, 7) is 6.08. The van der Waals surface area contributed by atoms with Crippen LogP contribution in [0.15, 0.2) is 65.8 Å². The van der Waals surface area contributed by atoms with Crippen molar-refractivity contribution in [2.45, 2.75) is 33.4 Å². The maximum absolute atomic E-state index is 12.8. The summed E-state index contributed by atoms with van der Waals surface area (Å²) in [5, 5.41) is 7.37. The molecular weight excluding hydrogens is 513 g/mol. The lowest BCUT2D eigenvalue weighted by Crippen LogP contribution is -2.48. The number of rotatable bonds is 10. The highest BCUT2D eigenvalue weighted by Crippen LogP contribution is 2.28. The molecule has 194 valence electrons. The Hall–Kier alpha value is -3.55. The van der Waals surface area contributed by atoms with E-state index in [1.54, 1.807) is 31.4 Å². The molecule has 2 N–H and O–H groups in total. The average molecular weight is 542 g/mol. The third-order valence-corrected chi connectivity index (χ3v) is 6.05. The highest BCUT2D eigenvalue weighted by molar-refractivity contribution is 6.36. The lowest BCUT2D eigenvalue weighted by molar-refractivity contribution is -0.123. The Balaban J connectivity index is 1.62. The topological polar surface area (TPSA) is 89.0 Å². The van der Waals surface area contributed by atoms with Gasteiger partial charge in [-0.2, -0.15) is 5.10 Å². The van der Waals surface area contributed by atoms with Crippen LogP contribution in [0.3, 0.4) is 0 Å². The van der Waals surface area contributed by atoms with Crippen LogP contribution in [-0.2, 0) is 11.4 Å². The zero-order valence-corrected chi connectivity index (χ0v) is 22.6. The van der Waals surface area contributed by atoms with E-state index in [4.69, 9.17) is 32.7 Å². The maximum atomic E-state index is 12.8. The van der Waals surface area contributed by atoms with E-state index in [-0.39, 0.29) is 16.5 Å². The molecule has 37 heavy (non-hydrogen) atoms. The summed E-state index contributed by atoms with van der Waals surface area (Å²) in [7, 11) is 1.56. The van der Waals surface area contributed by atoms with Gasteiger partial charge in [0, 0.05) is 5.02 Å². The molecule has 0 aromatic heterocycles. The molecule has 0 fully saturated rings. The van der Waals surface area contributed by atoms with E-state index in [0.29, 0.717) is 28.7 Å². The number of hydrogen-bond acceptors (Lipinski definition) is 5. The van der Waals surface area contributed by atoms with Gasteiger partial charge < -0.3 is 14.8 Å². The van der Waals surface area contributed by atoms with Crippen LogP contribution in [0.2, 0.25) is 10.0 Å². The Labute approximate surface area is 226 Å². The van der Waals surface area contributed by atoms with Gasteiger partial charge in [0.1, 0.15) is 12.6 Å². The zero-order valence-electron chi connectivity index (χ0n) is 21.0. The Morgan fingerprint density at radius 1 is 1.00 bits per heavy atom. The summed E-state index contributed by atoms with van der Waals surface area (Å²) < 4.78 is 11.4. The first-order valence-electron chi connectivity index (χ1n) is 11.6. The van der Waals surface area contributed by atoms with Crippen LogP contribution in [-0.4, -0.2) is 31.2 Å². The molecule has 0 aliphatic rings. The summed E-state index contributed by atoms with van der Waals surface area (Å²) in [5.74, 6) is -0.0160. The van der Waals surface area contributed by atoms with E-state index in [1.807, 2.05) is 45.0 Å². The van der Waals surface area contributed by atoms with Crippen LogP contribution in [0, 0.1) is 12.8 Å². The summed E-state index contributed by atoms with van der Waals surface area (Å²) in [6.07, 6.45) is 1.49. The summed E-state index contributed by atoms with van der Waals surface area (Å²) in [6, 6.07) is 17.1. The van der Waals surface area contributed by atoms with E-state index in [2.05, 4.69) is 15.8 Å². The number of ether oxygens (including phenoxy) is 2. The quantitative estimate of drug-likeness (QED) is 0.251. The van der Waals surface area contributed by atoms with Crippen LogP contribution in [0.1, 0.15) is 40.9 Å². The molecule has 0 bridgehead atoms. The minimum Gasteiger partial charge on any atom is -0.493 e.